The first-order valence-electron chi connectivity index (χ1n) is 44.2. The largest absolute Gasteiger partial charge is 0.309 e. The molecule has 0 radical (unpaired) electrons. The maximum atomic E-state index is 2.44. The molecule has 0 unspecified atom stereocenters. The number of anilines is 18. The van der Waals surface area contributed by atoms with Gasteiger partial charge >= 0.3 is 0 Å². The van der Waals surface area contributed by atoms with Crippen molar-refractivity contribution in [3.63, 3.8) is 0 Å². The summed E-state index contributed by atoms with van der Waals surface area (Å²) in [6.45, 7) is 17.2. The molecule has 618 valence electrons. The number of hydrogen-bond donors (Lipinski definition) is 0. The van der Waals surface area contributed by atoms with E-state index in [9.17, 15) is 0 Å². The first-order chi connectivity index (χ1) is 62.8. The molecule has 0 fully saturated rings. The zero-order valence-corrected chi connectivity index (χ0v) is 73.6. The topological polar surface area (TPSA) is 19.4 Å². The van der Waals surface area contributed by atoms with Gasteiger partial charge in [-0.3, -0.25) is 0 Å². The molecule has 0 aliphatic heterocycles. The summed E-state index contributed by atoms with van der Waals surface area (Å²) in [5.41, 5.74) is 30.6. The van der Waals surface area contributed by atoms with E-state index in [0.717, 1.165) is 68.2 Å². The van der Waals surface area contributed by atoms with Crippen molar-refractivity contribution in [3.05, 3.63) is 506 Å². The molecule has 0 aliphatic carbocycles. The molecular formula is C122H100N6. The SMILES string of the molecule is Cc1ccc(N(c2ccc(C)cc2)c2c3ccccc3c(N(c3ccc(C)cc3)c3ccc(C)cc3)c3ccccc23)cc1.Cc1cccc(N(c2cccc(C)c2)c2c3ccccc3c(N(c3cccc(C)c3)c3cccc(C)c3)c3ccccc23)c1.c1ccc(N(c2ccccc2)c2c3ccccc3c(N(c3ccccc3)c3ccccc3)c3ccccc23)cc1. The lowest BCUT2D eigenvalue weighted by atomic mass is 9.95. The van der Waals surface area contributed by atoms with Crippen LogP contribution in [0.2, 0.25) is 0 Å². The van der Waals surface area contributed by atoms with Crippen molar-refractivity contribution in [1.29, 1.82) is 0 Å². The molecule has 0 atom stereocenters. The minimum Gasteiger partial charge on any atom is -0.309 e. The number of aryl methyl sites for hydroxylation is 8. The molecule has 6 heteroatoms. The van der Waals surface area contributed by atoms with E-state index in [1.54, 1.807) is 0 Å². The summed E-state index contributed by atoms with van der Waals surface area (Å²) in [4.78, 5) is 14.5. The molecule has 0 aliphatic rings. The van der Waals surface area contributed by atoms with Gasteiger partial charge in [-0.05, 0) is 223 Å². The van der Waals surface area contributed by atoms with E-state index in [4.69, 9.17) is 0 Å². The van der Waals surface area contributed by atoms with Crippen molar-refractivity contribution in [2.24, 2.45) is 0 Å². The van der Waals surface area contributed by atoms with Crippen molar-refractivity contribution in [1.82, 2.24) is 0 Å². The summed E-state index contributed by atoms with van der Waals surface area (Å²) in [5.74, 6) is 0. The van der Waals surface area contributed by atoms with Gasteiger partial charge in [0, 0.05) is 133 Å². The molecule has 128 heavy (non-hydrogen) atoms. The highest BCUT2D eigenvalue weighted by molar-refractivity contribution is 6.26. The Balaban J connectivity index is 0.000000125. The second kappa shape index (κ2) is 36.4. The maximum Gasteiger partial charge on any atom is 0.0619 e. The van der Waals surface area contributed by atoms with Crippen LogP contribution in [0.3, 0.4) is 0 Å². The summed E-state index contributed by atoms with van der Waals surface area (Å²) in [5, 5.41) is 14.4. The molecule has 0 aromatic heterocycles. The van der Waals surface area contributed by atoms with Crippen LogP contribution in [0.4, 0.5) is 102 Å². The molecule has 6 nitrogen and oxygen atoms in total. The third-order valence-corrected chi connectivity index (χ3v) is 24.2. The summed E-state index contributed by atoms with van der Waals surface area (Å²) in [6.07, 6.45) is 0. The van der Waals surface area contributed by atoms with Gasteiger partial charge in [-0.2, -0.15) is 0 Å². The zero-order valence-electron chi connectivity index (χ0n) is 73.6. The van der Waals surface area contributed by atoms with E-state index in [2.05, 4.69) is 546 Å². The third-order valence-electron chi connectivity index (χ3n) is 24.2. The lowest BCUT2D eigenvalue weighted by Crippen LogP contribution is -2.15. The van der Waals surface area contributed by atoms with Gasteiger partial charge in [-0.25, -0.2) is 0 Å². The van der Waals surface area contributed by atoms with Crippen LogP contribution in [0.15, 0.2) is 461 Å². The van der Waals surface area contributed by atoms with Gasteiger partial charge in [-0.15, -0.1) is 0 Å². The molecular weight excluding hydrogens is 1550 g/mol. The van der Waals surface area contributed by atoms with E-state index in [1.807, 2.05) is 0 Å². The predicted molar refractivity (Wildman–Crippen MR) is 550 cm³/mol. The summed E-state index contributed by atoms with van der Waals surface area (Å²) in [6, 6.07) is 167. The maximum absolute atomic E-state index is 2.44. The highest BCUT2D eigenvalue weighted by Crippen LogP contribution is 2.56. The number of hydrogen-bond acceptors (Lipinski definition) is 6. The van der Waals surface area contributed by atoms with Gasteiger partial charge in [0.2, 0.25) is 0 Å². The molecule has 21 aromatic carbocycles. The van der Waals surface area contributed by atoms with Crippen molar-refractivity contribution in [2.75, 3.05) is 29.4 Å². The van der Waals surface area contributed by atoms with Crippen LogP contribution in [0, 0.1) is 55.4 Å². The molecule has 21 rings (SSSR count). The molecule has 0 spiro atoms. The molecule has 0 bridgehead atoms. The van der Waals surface area contributed by atoms with E-state index in [-0.39, 0.29) is 0 Å². The fourth-order valence-corrected chi connectivity index (χ4v) is 18.3. The molecule has 0 N–H and O–H groups in total. The first-order valence-corrected chi connectivity index (χ1v) is 44.2. The molecule has 21 aromatic rings. The van der Waals surface area contributed by atoms with Gasteiger partial charge in [0.25, 0.3) is 0 Å². The van der Waals surface area contributed by atoms with E-state index in [1.165, 1.54) is 143 Å². The van der Waals surface area contributed by atoms with Gasteiger partial charge in [0.15, 0.2) is 0 Å². The summed E-state index contributed by atoms with van der Waals surface area (Å²) >= 11 is 0. The highest BCUT2D eigenvalue weighted by Gasteiger charge is 2.30. The second-order valence-corrected chi connectivity index (χ2v) is 33.4. The average Bonchev–Trinajstić information content (AvgIpc) is 0.732. The Hall–Kier alpha value is -16.0. The number of nitrogens with zero attached hydrogens (tertiary/aromatic N) is 6. The van der Waals surface area contributed by atoms with Gasteiger partial charge < -0.3 is 29.4 Å². The lowest BCUT2D eigenvalue weighted by molar-refractivity contribution is 1.27. The number of fused-ring (bicyclic) bond motifs is 6. The Bertz CT molecular complexity index is 6650. The summed E-state index contributed by atoms with van der Waals surface area (Å²) < 4.78 is 0. The Morgan fingerprint density at radius 1 is 0.102 bits per heavy atom. The number of rotatable bonds is 18. The fourth-order valence-electron chi connectivity index (χ4n) is 18.3. The summed E-state index contributed by atoms with van der Waals surface area (Å²) in [7, 11) is 0. The van der Waals surface area contributed by atoms with Crippen LogP contribution in [0.5, 0.6) is 0 Å². The molecule has 0 saturated heterocycles. The quantitative estimate of drug-likeness (QED) is 0.0625. The zero-order chi connectivity index (χ0) is 87.1. The Kier molecular flexibility index (Phi) is 23.2. The van der Waals surface area contributed by atoms with Crippen LogP contribution in [-0.4, -0.2) is 0 Å². The number of para-hydroxylation sites is 4. The highest BCUT2D eigenvalue weighted by atomic mass is 15.2. The van der Waals surface area contributed by atoms with E-state index < -0.39 is 0 Å². The van der Waals surface area contributed by atoms with Gasteiger partial charge in [0.1, 0.15) is 0 Å². The lowest BCUT2D eigenvalue weighted by Gasteiger charge is -2.33. The Morgan fingerprint density at radius 3 is 0.375 bits per heavy atom. The monoisotopic (exact) mass is 1650 g/mol. The Labute approximate surface area is 752 Å². The minimum atomic E-state index is 1.12. The third kappa shape index (κ3) is 16.4. The van der Waals surface area contributed by atoms with Crippen molar-refractivity contribution in [3.8, 4) is 0 Å². The smallest absolute Gasteiger partial charge is 0.0619 e. The number of benzene rings is 21. The molecule has 0 heterocycles. The standard InChI is InChI=1S/2C42H36N2.C38H28N2/c1-29-13-9-17-33(25-29)43(34-18-10-14-30(2)26-34)41-37-21-5-7-23-39(37)42(40-24-8-6-22-38(40)41)44(35-19-11-15-31(3)27-35)36-20-12-16-32(4)28-36;1-29-13-21-33(22-14-29)43(34-23-15-30(2)16-24-34)41-37-9-5-7-11-39(37)42(40-12-8-6-10-38(40)41)44(35-25-17-31(3)18-26-35)36-27-19-32(4)20-28-36;1-5-17-29(18-6-1)39(30-19-7-2-8-20-30)37-33-25-13-15-27-35(33)38(36-28-16-14-26-34(36)37)40(31-21-9-3-10-22-31)32-23-11-4-12-24-32/h2*5-28H,1-4H3;1-28H. The van der Waals surface area contributed by atoms with Crippen LogP contribution < -0.4 is 29.4 Å². The van der Waals surface area contributed by atoms with E-state index in [0.29, 0.717) is 0 Å². The second-order valence-electron chi connectivity index (χ2n) is 33.4. The van der Waals surface area contributed by atoms with Crippen molar-refractivity contribution >= 4 is 167 Å². The van der Waals surface area contributed by atoms with Crippen LogP contribution in [-0.2, 0) is 0 Å². The Morgan fingerprint density at radius 2 is 0.227 bits per heavy atom. The van der Waals surface area contributed by atoms with Gasteiger partial charge in [-0.1, -0.05) is 338 Å². The van der Waals surface area contributed by atoms with E-state index >= 15 is 0 Å². The van der Waals surface area contributed by atoms with Crippen LogP contribution in [0.1, 0.15) is 44.5 Å². The fraction of sp³-hybridized carbons (Fsp3) is 0.0656. The first kappa shape index (κ1) is 81.6. The van der Waals surface area contributed by atoms with Crippen molar-refractivity contribution in [2.45, 2.75) is 55.4 Å². The van der Waals surface area contributed by atoms with Crippen molar-refractivity contribution < 1.29 is 0 Å². The average molecular weight is 1650 g/mol. The molecule has 0 amide bonds. The van der Waals surface area contributed by atoms with Gasteiger partial charge in [0.05, 0.1) is 34.1 Å². The predicted octanol–water partition coefficient (Wildman–Crippen LogP) is 35.3. The molecule has 0 saturated carbocycles. The normalized spacial score (nSPS) is 11.1. The van der Waals surface area contributed by atoms with Crippen LogP contribution >= 0.6 is 0 Å². The van der Waals surface area contributed by atoms with Crippen LogP contribution in [0.25, 0.3) is 64.6 Å². The minimum absolute atomic E-state index is 1.12.